The fraction of sp³-hybridized carbons (Fsp3) is 0.522. The number of fused-ring (bicyclic) bond motifs is 1. The number of nitrogens with zero attached hydrogens (tertiary/aromatic N) is 4. The van der Waals surface area contributed by atoms with Gasteiger partial charge in [0.15, 0.2) is 0 Å². The summed E-state index contributed by atoms with van der Waals surface area (Å²) in [5.41, 5.74) is 1.80. The number of sulfonamides is 1. The predicted molar refractivity (Wildman–Crippen MR) is 125 cm³/mol. The molecular weight excluding hydrogens is 428 g/mol. The highest BCUT2D eigenvalue weighted by atomic mass is 32.2. The molecule has 2 saturated heterocycles. The van der Waals surface area contributed by atoms with Crippen molar-refractivity contribution in [1.82, 2.24) is 18.8 Å². The van der Waals surface area contributed by atoms with Gasteiger partial charge in [0.25, 0.3) is 0 Å². The molecule has 1 atom stereocenters. The molecule has 0 radical (unpaired) electrons. The van der Waals surface area contributed by atoms with Gasteiger partial charge >= 0.3 is 0 Å². The maximum Gasteiger partial charge on any atom is 0.243 e. The molecule has 6 nitrogen and oxygen atoms in total. The molecule has 2 aliphatic heterocycles. The Kier molecular flexibility index (Phi) is 5.90. The number of aromatic nitrogens is 2. The molecule has 0 unspecified atom stereocenters. The Morgan fingerprint density at radius 3 is 2.68 bits per heavy atom. The van der Waals surface area contributed by atoms with Gasteiger partial charge in [-0.15, -0.1) is 11.3 Å². The Morgan fingerprint density at radius 1 is 1.10 bits per heavy atom. The molecule has 1 aromatic carbocycles. The van der Waals surface area contributed by atoms with Crippen LogP contribution in [0, 0.1) is 0 Å². The summed E-state index contributed by atoms with van der Waals surface area (Å²) in [7, 11) is -3.45. The van der Waals surface area contributed by atoms with Gasteiger partial charge in [0.2, 0.25) is 10.0 Å². The zero-order valence-corrected chi connectivity index (χ0v) is 19.7. The monoisotopic (exact) mass is 458 g/mol. The number of imidazole rings is 1. The fourth-order valence-electron chi connectivity index (χ4n) is 5.05. The maximum absolute atomic E-state index is 13.1. The lowest BCUT2D eigenvalue weighted by Crippen LogP contribution is -2.35. The smallest absolute Gasteiger partial charge is 0.243 e. The Labute approximate surface area is 188 Å². The summed E-state index contributed by atoms with van der Waals surface area (Å²) in [4.78, 5) is 9.23. The number of rotatable bonds is 6. The molecule has 2 fully saturated rings. The number of benzene rings is 1. The summed E-state index contributed by atoms with van der Waals surface area (Å²) in [5, 5.41) is 2.15. The zero-order chi connectivity index (χ0) is 21.4. The SMILES string of the molecule is CCn1c(CN2CCC[C@@H]2c2cccs2)nc2cc(S(=O)(=O)N3CCCCC3)ccc21. The maximum atomic E-state index is 13.1. The minimum atomic E-state index is -3.45. The summed E-state index contributed by atoms with van der Waals surface area (Å²) in [6.45, 7) is 6.05. The van der Waals surface area contributed by atoms with Crippen LogP contribution in [0.15, 0.2) is 40.6 Å². The molecule has 166 valence electrons. The standard InChI is InChI=1S/C23H30N4O2S2/c1-2-27-20-11-10-18(31(28,29)26-13-4-3-5-14-26)16-19(20)24-23(27)17-25-12-6-8-21(25)22-9-7-15-30-22/h7,9-11,15-16,21H,2-6,8,12-14,17H2,1H3/t21-/m1/s1. The molecule has 0 amide bonds. The van der Waals surface area contributed by atoms with Crippen molar-refractivity contribution in [2.45, 2.75) is 63.1 Å². The number of aryl methyl sites for hydroxylation is 1. The van der Waals surface area contributed by atoms with Crippen molar-refractivity contribution >= 4 is 32.4 Å². The Hall–Kier alpha value is -1.74. The van der Waals surface area contributed by atoms with E-state index in [9.17, 15) is 8.42 Å². The molecule has 2 aliphatic rings. The number of hydrogen-bond acceptors (Lipinski definition) is 5. The summed E-state index contributed by atoms with van der Waals surface area (Å²) < 4.78 is 30.1. The van der Waals surface area contributed by atoms with Crippen LogP contribution in [-0.2, 0) is 23.1 Å². The number of piperidine rings is 1. The molecule has 4 heterocycles. The topological polar surface area (TPSA) is 58.4 Å². The van der Waals surface area contributed by atoms with Crippen molar-refractivity contribution in [3.63, 3.8) is 0 Å². The average molecular weight is 459 g/mol. The third-order valence-electron chi connectivity index (χ3n) is 6.65. The van der Waals surface area contributed by atoms with Crippen LogP contribution >= 0.6 is 11.3 Å². The molecule has 0 aliphatic carbocycles. The molecule has 0 saturated carbocycles. The molecule has 2 aromatic heterocycles. The first kappa shape index (κ1) is 21.1. The van der Waals surface area contributed by atoms with E-state index in [1.807, 2.05) is 17.4 Å². The van der Waals surface area contributed by atoms with E-state index in [4.69, 9.17) is 4.98 Å². The molecule has 31 heavy (non-hydrogen) atoms. The summed E-state index contributed by atoms with van der Waals surface area (Å²) in [5.74, 6) is 1.02. The van der Waals surface area contributed by atoms with E-state index in [-0.39, 0.29) is 0 Å². The predicted octanol–water partition coefficient (Wildman–Crippen LogP) is 4.63. The van der Waals surface area contributed by atoms with Gasteiger partial charge in [-0.2, -0.15) is 4.31 Å². The third kappa shape index (κ3) is 3.95. The first-order valence-electron chi connectivity index (χ1n) is 11.3. The van der Waals surface area contributed by atoms with Gasteiger partial charge in [-0.25, -0.2) is 13.4 Å². The normalized spacial score (nSPS) is 21.3. The van der Waals surface area contributed by atoms with E-state index in [1.54, 1.807) is 16.4 Å². The third-order valence-corrected chi connectivity index (χ3v) is 9.52. The van der Waals surface area contributed by atoms with E-state index in [0.717, 1.165) is 55.8 Å². The Balaban J connectivity index is 1.46. The minimum absolute atomic E-state index is 0.367. The summed E-state index contributed by atoms with van der Waals surface area (Å²) >= 11 is 1.83. The second-order valence-electron chi connectivity index (χ2n) is 8.53. The van der Waals surface area contributed by atoms with Crippen LogP contribution < -0.4 is 0 Å². The van der Waals surface area contributed by atoms with E-state index >= 15 is 0 Å². The minimum Gasteiger partial charge on any atom is -0.327 e. The van der Waals surface area contributed by atoms with Crippen molar-refractivity contribution in [3.05, 3.63) is 46.4 Å². The fourth-order valence-corrected chi connectivity index (χ4v) is 7.48. The van der Waals surface area contributed by atoms with Crippen LogP contribution in [0.4, 0.5) is 0 Å². The van der Waals surface area contributed by atoms with Crippen LogP contribution in [0.1, 0.15) is 55.8 Å². The van der Waals surface area contributed by atoms with Gasteiger partial charge < -0.3 is 4.57 Å². The molecular formula is C23H30N4O2S2. The van der Waals surface area contributed by atoms with Crippen LogP contribution in [-0.4, -0.2) is 46.8 Å². The summed E-state index contributed by atoms with van der Waals surface area (Å²) in [6, 6.07) is 10.3. The van der Waals surface area contributed by atoms with Crippen molar-refractivity contribution in [2.75, 3.05) is 19.6 Å². The van der Waals surface area contributed by atoms with Crippen LogP contribution in [0.5, 0.6) is 0 Å². The van der Waals surface area contributed by atoms with Gasteiger partial charge in [0.1, 0.15) is 5.82 Å². The van der Waals surface area contributed by atoms with E-state index < -0.39 is 10.0 Å². The molecule has 5 rings (SSSR count). The van der Waals surface area contributed by atoms with Crippen molar-refractivity contribution in [3.8, 4) is 0 Å². The van der Waals surface area contributed by atoms with E-state index in [2.05, 4.69) is 33.9 Å². The first-order chi connectivity index (χ1) is 15.1. The van der Waals surface area contributed by atoms with Gasteiger partial charge in [-0.3, -0.25) is 4.90 Å². The number of likely N-dealkylation sites (tertiary alicyclic amines) is 1. The lowest BCUT2D eigenvalue weighted by atomic mass is 10.2. The van der Waals surface area contributed by atoms with Gasteiger partial charge in [-0.1, -0.05) is 12.5 Å². The van der Waals surface area contributed by atoms with E-state index in [1.165, 1.54) is 17.7 Å². The lowest BCUT2D eigenvalue weighted by Gasteiger charge is -2.25. The van der Waals surface area contributed by atoms with Gasteiger partial charge in [-0.05, 0) is 68.8 Å². The molecule has 0 N–H and O–H groups in total. The second kappa shape index (κ2) is 8.65. The van der Waals surface area contributed by atoms with Crippen molar-refractivity contribution in [2.24, 2.45) is 0 Å². The molecule has 3 aromatic rings. The van der Waals surface area contributed by atoms with Crippen molar-refractivity contribution in [1.29, 1.82) is 0 Å². The number of hydrogen-bond donors (Lipinski definition) is 0. The van der Waals surface area contributed by atoms with Crippen LogP contribution in [0.3, 0.4) is 0 Å². The second-order valence-corrected chi connectivity index (χ2v) is 11.4. The highest BCUT2D eigenvalue weighted by molar-refractivity contribution is 7.89. The molecule has 8 heteroatoms. The summed E-state index contributed by atoms with van der Waals surface area (Å²) in [6.07, 6.45) is 5.38. The average Bonchev–Trinajstić information content (AvgIpc) is 3.53. The highest BCUT2D eigenvalue weighted by Gasteiger charge is 2.29. The highest BCUT2D eigenvalue weighted by Crippen LogP contribution is 2.36. The van der Waals surface area contributed by atoms with Gasteiger partial charge in [0.05, 0.1) is 22.5 Å². The zero-order valence-electron chi connectivity index (χ0n) is 18.0. The Morgan fingerprint density at radius 2 is 1.94 bits per heavy atom. The number of thiophene rings is 1. The molecule has 0 bridgehead atoms. The Bertz CT molecular complexity index is 1150. The largest absolute Gasteiger partial charge is 0.327 e. The first-order valence-corrected chi connectivity index (χ1v) is 13.7. The van der Waals surface area contributed by atoms with Gasteiger partial charge in [0, 0.05) is 30.6 Å². The lowest BCUT2D eigenvalue weighted by molar-refractivity contribution is 0.242. The van der Waals surface area contributed by atoms with Crippen LogP contribution in [0.25, 0.3) is 11.0 Å². The van der Waals surface area contributed by atoms with Crippen molar-refractivity contribution < 1.29 is 8.42 Å². The quantitative estimate of drug-likeness (QED) is 0.540. The molecule has 0 spiro atoms. The van der Waals surface area contributed by atoms with E-state index in [0.29, 0.717) is 24.0 Å². The van der Waals surface area contributed by atoms with Crippen LogP contribution in [0.2, 0.25) is 0 Å².